The van der Waals surface area contributed by atoms with Gasteiger partial charge in [-0.1, -0.05) is 23.7 Å². The lowest BCUT2D eigenvalue weighted by molar-refractivity contribution is 0.0696. The van der Waals surface area contributed by atoms with Crippen LogP contribution in [0.25, 0.3) is 0 Å². The molecule has 2 N–H and O–H groups in total. The molecule has 0 aliphatic carbocycles. The molecule has 0 heterocycles. The van der Waals surface area contributed by atoms with E-state index in [-0.39, 0.29) is 12.1 Å². The van der Waals surface area contributed by atoms with Crippen LogP contribution in [-0.2, 0) is 16.4 Å². The third-order valence-corrected chi connectivity index (χ3v) is 4.81. The van der Waals surface area contributed by atoms with Gasteiger partial charge in [0.15, 0.2) is 0 Å². The number of benzene rings is 2. The number of aromatic carboxylic acids is 1. The van der Waals surface area contributed by atoms with Crippen LogP contribution in [0.15, 0.2) is 47.4 Å². The molecule has 0 fully saturated rings. The lowest BCUT2D eigenvalue weighted by Gasteiger charge is -2.08. The third kappa shape index (κ3) is 4.51. The van der Waals surface area contributed by atoms with Gasteiger partial charge < -0.3 is 5.11 Å². The number of carboxylic acids is 1. The quantitative estimate of drug-likeness (QED) is 0.832. The van der Waals surface area contributed by atoms with Crippen LogP contribution < -0.4 is 4.72 Å². The SMILES string of the molecule is O=C(O)c1ccc(F)c(S(=O)(=O)NCCc2ccc(Cl)cc2)c1. The van der Waals surface area contributed by atoms with Gasteiger partial charge in [-0.05, 0) is 42.3 Å². The Morgan fingerprint density at radius 3 is 2.43 bits per heavy atom. The summed E-state index contributed by atoms with van der Waals surface area (Å²) in [6.07, 6.45) is 0.386. The first kappa shape index (κ1) is 17.4. The predicted molar refractivity (Wildman–Crippen MR) is 83.7 cm³/mol. The summed E-state index contributed by atoms with van der Waals surface area (Å²) in [5.41, 5.74) is 0.557. The molecule has 0 amide bonds. The zero-order valence-electron chi connectivity index (χ0n) is 11.8. The minimum Gasteiger partial charge on any atom is -0.478 e. The lowest BCUT2D eigenvalue weighted by Crippen LogP contribution is -2.27. The van der Waals surface area contributed by atoms with Gasteiger partial charge in [0.2, 0.25) is 10.0 Å². The van der Waals surface area contributed by atoms with E-state index >= 15 is 0 Å². The molecule has 0 unspecified atom stereocenters. The first-order valence-corrected chi connectivity index (χ1v) is 8.42. The molecule has 2 rings (SSSR count). The molecule has 8 heteroatoms. The number of hydrogen-bond donors (Lipinski definition) is 2. The standard InChI is InChI=1S/C15H13ClFNO4S/c16-12-4-1-10(2-5-12)7-8-18-23(21,22)14-9-11(15(19)20)3-6-13(14)17/h1-6,9,18H,7-8H2,(H,19,20). The fraction of sp³-hybridized carbons (Fsp3) is 0.133. The van der Waals surface area contributed by atoms with E-state index in [0.29, 0.717) is 11.4 Å². The fourth-order valence-corrected chi connectivity index (χ4v) is 3.16. The Bertz CT molecular complexity index is 822. The van der Waals surface area contributed by atoms with Crippen molar-refractivity contribution < 1.29 is 22.7 Å². The maximum absolute atomic E-state index is 13.7. The number of rotatable bonds is 6. The van der Waals surface area contributed by atoms with Crippen molar-refractivity contribution in [3.63, 3.8) is 0 Å². The molecule has 0 saturated heterocycles. The van der Waals surface area contributed by atoms with E-state index in [2.05, 4.69) is 4.72 Å². The number of carbonyl (C=O) groups is 1. The van der Waals surface area contributed by atoms with E-state index < -0.39 is 26.7 Å². The smallest absolute Gasteiger partial charge is 0.335 e. The van der Waals surface area contributed by atoms with Crippen LogP contribution in [0.2, 0.25) is 5.02 Å². The highest BCUT2D eigenvalue weighted by Gasteiger charge is 2.20. The van der Waals surface area contributed by atoms with Crippen LogP contribution in [-0.4, -0.2) is 26.0 Å². The second-order valence-corrected chi connectivity index (χ2v) is 6.90. The van der Waals surface area contributed by atoms with Crippen LogP contribution in [0.3, 0.4) is 0 Å². The summed E-state index contributed by atoms with van der Waals surface area (Å²) in [6.45, 7) is 0.0424. The second-order valence-electron chi connectivity index (χ2n) is 4.72. The molecule has 23 heavy (non-hydrogen) atoms. The maximum Gasteiger partial charge on any atom is 0.335 e. The summed E-state index contributed by atoms with van der Waals surface area (Å²) >= 11 is 5.75. The summed E-state index contributed by atoms with van der Waals surface area (Å²) in [5.74, 6) is -2.34. The van der Waals surface area contributed by atoms with Crippen LogP contribution in [0.5, 0.6) is 0 Å². The lowest BCUT2D eigenvalue weighted by atomic mass is 10.2. The highest BCUT2D eigenvalue weighted by molar-refractivity contribution is 7.89. The van der Waals surface area contributed by atoms with E-state index in [4.69, 9.17) is 16.7 Å². The molecule has 2 aromatic rings. The summed E-state index contributed by atoms with van der Waals surface area (Å²) in [7, 11) is -4.14. The molecular formula is C15H13ClFNO4S. The topological polar surface area (TPSA) is 83.5 Å². The third-order valence-electron chi connectivity index (χ3n) is 3.09. The van der Waals surface area contributed by atoms with Crippen LogP contribution >= 0.6 is 11.6 Å². The molecular weight excluding hydrogens is 345 g/mol. The van der Waals surface area contributed by atoms with Crippen molar-refractivity contribution in [2.75, 3.05) is 6.54 Å². The van der Waals surface area contributed by atoms with Crippen molar-refractivity contribution in [1.82, 2.24) is 4.72 Å². The second kappa shape index (κ2) is 7.08. The van der Waals surface area contributed by atoms with Gasteiger partial charge in [0.1, 0.15) is 10.7 Å². The minimum atomic E-state index is -4.14. The Morgan fingerprint density at radius 1 is 1.17 bits per heavy atom. The van der Waals surface area contributed by atoms with Gasteiger partial charge in [-0.3, -0.25) is 0 Å². The molecule has 0 radical (unpaired) electrons. The van der Waals surface area contributed by atoms with Gasteiger partial charge in [-0.25, -0.2) is 22.3 Å². The zero-order valence-corrected chi connectivity index (χ0v) is 13.4. The Kier molecular flexibility index (Phi) is 5.35. The Morgan fingerprint density at radius 2 is 1.83 bits per heavy atom. The van der Waals surface area contributed by atoms with Gasteiger partial charge >= 0.3 is 5.97 Å². The Labute approximate surface area is 137 Å². The Hall–Kier alpha value is -1.96. The molecule has 122 valence electrons. The zero-order chi connectivity index (χ0) is 17.0. The van der Waals surface area contributed by atoms with Crippen LogP contribution in [0.4, 0.5) is 4.39 Å². The van der Waals surface area contributed by atoms with Crippen molar-refractivity contribution in [3.8, 4) is 0 Å². The normalized spacial score (nSPS) is 11.4. The number of halogens is 2. The van der Waals surface area contributed by atoms with Gasteiger partial charge in [0.05, 0.1) is 5.56 Å². The maximum atomic E-state index is 13.7. The van der Waals surface area contributed by atoms with Crippen molar-refractivity contribution >= 4 is 27.6 Å². The largest absolute Gasteiger partial charge is 0.478 e. The average molecular weight is 358 g/mol. The predicted octanol–water partition coefficient (Wildman–Crippen LogP) is 2.70. The van der Waals surface area contributed by atoms with E-state index in [0.717, 1.165) is 23.8 Å². The molecule has 0 spiro atoms. The molecule has 0 aromatic heterocycles. The molecule has 0 saturated carbocycles. The highest BCUT2D eigenvalue weighted by atomic mass is 35.5. The van der Waals surface area contributed by atoms with Crippen molar-refractivity contribution in [3.05, 3.63) is 64.4 Å². The number of carboxylic acid groups (broad SMARTS) is 1. The van der Waals surface area contributed by atoms with Gasteiger partial charge in [-0.2, -0.15) is 0 Å². The summed E-state index contributed by atoms with van der Waals surface area (Å²) < 4.78 is 40.2. The van der Waals surface area contributed by atoms with Crippen molar-refractivity contribution in [1.29, 1.82) is 0 Å². The highest BCUT2D eigenvalue weighted by Crippen LogP contribution is 2.17. The molecule has 0 aliphatic heterocycles. The number of hydrogen-bond acceptors (Lipinski definition) is 3. The van der Waals surface area contributed by atoms with E-state index in [1.807, 2.05) is 0 Å². The summed E-state index contributed by atoms with van der Waals surface area (Å²) in [6, 6.07) is 9.48. The molecule has 0 bridgehead atoms. The van der Waals surface area contributed by atoms with E-state index in [1.54, 1.807) is 24.3 Å². The van der Waals surface area contributed by atoms with Gasteiger partial charge in [0, 0.05) is 11.6 Å². The molecule has 0 aliphatic rings. The van der Waals surface area contributed by atoms with Gasteiger partial charge in [0.25, 0.3) is 0 Å². The average Bonchev–Trinajstić information content (AvgIpc) is 2.49. The monoisotopic (exact) mass is 357 g/mol. The van der Waals surface area contributed by atoms with Crippen molar-refractivity contribution in [2.45, 2.75) is 11.3 Å². The van der Waals surface area contributed by atoms with Gasteiger partial charge in [-0.15, -0.1) is 0 Å². The number of nitrogens with one attached hydrogen (secondary N) is 1. The Balaban J connectivity index is 2.11. The first-order chi connectivity index (χ1) is 10.8. The summed E-state index contributed by atoms with van der Waals surface area (Å²) in [4.78, 5) is 10.2. The molecule has 2 aromatic carbocycles. The minimum absolute atomic E-state index is 0.0424. The first-order valence-electron chi connectivity index (χ1n) is 6.56. The number of sulfonamides is 1. The van der Waals surface area contributed by atoms with Crippen molar-refractivity contribution in [2.24, 2.45) is 0 Å². The molecule has 0 atom stereocenters. The molecule has 5 nitrogen and oxygen atoms in total. The van der Waals surface area contributed by atoms with Crippen LogP contribution in [0.1, 0.15) is 15.9 Å². The summed E-state index contributed by atoms with van der Waals surface area (Å²) in [5, 5.41) is 9.44. The van der Waals surface area contributed by atoms with Crippen LogP contribution in [0, 0.1) is 5.82 Å². The van der Waals surface area contributed by atoms with E-state index in [9.17, 15) is 17.6 Å². The fourth-order valence-electron chi connectivity index (χ4n) is 1.90. The van der Waals surface area contributed by atoms with E-state index in [1.165, 1.54) is 0 Å².